The molecule has 6 nitrogen and oxygen atoms in total. The largest absolute Gasteiger partial charge is 0.497 e. The molecule has 0 spiro atoms. The summed E-state index contributed by atoms with van der Waals surface area (Å²) in [5.41, 5.74) is 3.54. The van der Waals surface area contributed by atoms with Gasteiger partial charge in [-0.1, -0.05) is 6.07 Å². The van der Waals surface area contributed by atoms with Crippen molar-refractivity contribution >= 4 is 10.9 Å². The molecule has 1 atom stereocenters. The predicted octanol–water partition coefficient (Wildman–Crippen LogP) is 3.32. The van der Waals surface area contributed by atoms with Gasteiger partial charge in [0, 0.05) is 35.7 Å². The van der Waals surface area contributed by atoms with E-state index in [9.17, 15) is 4.79 Å². The fourth-order valence-electron chi connectivity index (χ4n) is 3.87. The Morgan fingerprint density at radius 3 is 2.86 bits per heavy atom. The second-order valence-electron chi connectivity index (χ2n) is 7.60. The maximum absolute atomic E-state index is 12.1. The van der Waals surface area contributed by atoms with Crippen molar-refractivity contribution in [3.63, 3.8) is 0 Å². The number of nitrogens with one attached hydrogen (secondary N) is 1. The van der Waals surface area contributed by atoms with Gasteiger partial charge in [0.25, 0.3) is 5.56 Å². The van der Waals surface area contributed by atoms with Gasteiger partial charge in [0.05, 0.1) is 18.3 Å². The second kappa shape index (κ2) is 7.72. The van der Waals surface area contributed by atoms with Gasteiger partial charge in [-0.05, 0) is 57.5 Å². The molecule has 0 aliphatic carbocycles. The van der Waals surface area contributed by atoms with E-state index >= 15 is 0 Å². The lowest BCUT2D eigenvalue weighted by Crippen LogP contribution is -2.35. The Bertz CT molecular complexity index is 1060. The molecule has 3 heterocycles. The van der Waals surface area contributed by atoms with E-state index in [0.717, 1.165) is 66.3 Å². The van der Waals surface area contributed by atoms with Crippen LogP contribution in [0.25, 0.3) is 10.9 Å². The van der Waals surface area contributed by atoms with Crippen molar-refractivity contribution in [1.82, 2.24) is 19.9 Å². The highest BCUT2D eigenvalue weighted by Crippen LogP contribution is 2.26. The highest BCUT2D eigenvalue weighted by atomic mass is 16.5. The zero-order chi connectivity index (χ0) is 19.7. The van der Waals surface area contributed by atoms with Gasteiger partial charge in [0.2, 0.25) is 0 Å². The number of pyridine rings is 1. The van der Waals surface area contributed by atoms with E-state index in [1.807, 2.05) is 32.0 Å². The van der Waals surface area contributed by atoms with Gasteiger partial charge in [0.15, 0.2) is 0 Å². The van der Waals surface area contributed by atoms with Crippen molar-refractivity contribution in [1.29, 1.82) is 0 Å². The lowest BCUT2D eigenvalue weighted by Gasteiger charge is -2.32. The summed E-state index contributed by atoms with van der Waals surface area (Å²) in [4.78, 5) is 27.0. The highest BCUT2D eigenvalue weighted by molar-refractivity contribution is 5.80. The molecule has 1 N–H and O–H groups in total. The standard InChI is InChI=1S/C22H26N4O2/c1-14-15(2)23-21(25-22(14)27)17-5-4-10-26(12-17)13-18-7-6-16-11-19(28-3)8-9-20(16)24-18/h6-9,11,17H,4-5,10,12-13H2,1-3H3,(H,23,25,27). The van der Waals surface area contributed by atoms with Crippen LogP contribution in [0.15, 0.2) is 35.1 Å². The number of fused-ring (bicyclic) bond motifs is 1. The van der Waals surface area contributed by atoms with Crippen LogP contribution in [0.3, 0.4) is 0 Å². The summed E-state index contributed by atoms with van der Waals surface area (Å²) in [7, 11) is 1.67. The Morgan fingerprint density at radius 2 is 2.07 bits per heavy atom. The van der Waals surface area contributed by atoms with Crippen LogP contribution in [0.4, 0.5) is 0 Å². The summed E-state index contributed by atoms with van der Waals surface area (Å²) in [6, 6.07) is 10.1. The van der Waals surface area contributed by atoms with E-state index in [1.54, 1.807) is 7.11 Å². The van der Waals surface area contributed by atoms with Crippen LogP contribution < -0.4 is 10.3 Å². The molecule has 3 aromatic rings. The molecule has 0 radical (unpaired) electrons. The van der Waals surface area contributed by atoms with Crippen molar-refractivity contribution in [3.8, 4) is 5.75 Å². The fraction of sp³-hybridized carbons (Fsp3) is 0.409. The molecule has 0 amide bonds. The van der Waals surface area contributed by atoms with E-state index in [-0.39, 0.29) is 11.5 Å². The maximum atomic E-state index is 12.1. The van der Waals surface area contributed by atoms with Crippen molar-refractivity contribution in [2.45, 2.75) is 39.2 Å². The molecule has 0 bridgehead atoms. The lowest BCUT2D eigenvalue weighted by molar-refractivity contribution is 0.194. The van der Waals surface area contributed by atoms with Crippen molar-refractivity contribution in [2.24, 2.45) is 0 Å². The summed E-state index contributed by atoms with van der Waals surface area (Å²) in [6.45, 7) is 6.44. The number of hydrogen-bond acceptors (Lipinski definition) is 5. The monoisotopic (exact) mass is 378 g/mol. The Hall–Kier alpha value is -2.73. The Kier molecular flexibility index (Phi) is 5.13. The van der Waals surface area contributed by atoms with Crippen LogP contribution >= 0.6 is 0 Å². The van der Waals surface area contributed by atoms with Crippen LogP contribution in [0.5, 0.6) is 5.75 Å². The molecular formula is C22H26N4O2. The van der Waals surface area contributed by atoms with Crippen molar-refractivity contribution in [3.05, 3.63) is 63.5 Å². The molecule has 6 heteroatoms. The van der Waals surface area contributed by atoms with Crippen LogP contribution in [-0.2, 0) is 6.54 Å². The van der Waals surface area contributed by atoms with Crippen molar-refractivity contribution in [2.75, 3.05) is 20.2 Å². The van der Waals surface area contributed by atoms with Gasteiger partial charge in [-0.3, -0.25) is 14.7 Å². The highest BCUT2D eigenvalue weighted by Gasteiger charge is 2.24. The molecule has 28 heavy (non-hydrogen) atoms. The number of benzene rings is 1. The van der Waals surface area contributed by atoms with Crippen LogP contribution in [0.2, 0.25) is 0 Å². The van der Waals surface area contributed by atoms with Gasteiger partial charge < -0.3 is 9.72 Å². The normalized spacial score (nSPS) is 17.8. The number of piperidine rings is 1. The fourth-order valence-corrected chi connectivity index (χ4v) is 3.87. The summed E-state index contributed by atoms with van der Waals surface area (Å²) in [5, 5.41) is 1.08. The third-order valence-electron chi connectivity index (χ3n) is 5.64. The van der Waals surface area contributed by atoms with E-state index in [0.29, 0.717) is 5.56 Å². The van der Waals surface area contributed by atoms with E-state index in [4.69, 9.17) is 9.72 Å². The number of likely N-dealkylation sites (tertiary alicyclic amines) is 1. The maximum Gasteiger partial charge on any atom is 0.254 e. The number of aryl methyl sites for hydroxylation is 1. The summed E-state index contributed by atoms with van der Waals surface area (Å²) in [6.07, 6.45) is 2.14. The van der Waals surface area contributed by atoms with Crippen molar-refractivity contribution < 1.29 is 4.74 Å². The number of H-pyrrole nitrogens is 1. The topological polar surface area (TPSA) is 71.1 Å². The smallest absolute Gasteiger partial charge is 0.254 e. The SMILES string of the molecule is COc1ccc2nc(CN3CCCC(c4nc(C)c(C)c(=O)[nH]4)C3)ccc2c1. The minimum Gasteiger partial charge on any atom is -0.497 e. The Labute approximate surface area is 164 Å². The first-order valence-corrected chi connectivity index (χ1v) is 9.77. The second-order valence-corrected chi connectivity index (χ2v) is 7.60. The Morgan fingerprint density at radius 1 is 1.21 bits per heavy atom. The average molecular weight is 378 g/mol. The molecule has 1 fully saturated rings. The number of ether oxygens (including phenoxy) is 1. The van der Waals surface area contributed by atoms with Gasteiger partial charge in [0.1, 0.15) is 11.6 Å². The summed E-state index contributed by atoms with van der Waals surface area (Å²) < 4.78 is 5.28. The molecule has 4 rings (SSSR count). The van der Waals surface area contributed by atoms with Gasteiger partial charge in [-0.25, -0.2) is 4.98 Å². The van der Waals surface area contributed by atoms with Gasteiger partial charge in [-0.2, -0.15) is 0 Å². The zero-order valence-electron chi connectivity index (χ0n) is 16.7. The third-order valence-corrected chi connectivity index (χ3v) is 5.64. The molecular weight excluding hydrogens is 352 g/mol. The number of rotatable bonds is 4. The molecule has 0 saturated carbocycles. The summed E-state index contributed by atoms with van der Waals surface area (Å²) in [5.74, 6) is 1.91. The van der Waals surface area contributed by atoms with Crippen LogP contribution in [-0.4, -0.2) is 40.1 Å². The molecule has 1 aromatic carbocycles. The van der Waals surface area contributed by atoms with E-state index in [1.165, 1.54) is 0 Å². The number of aromatic amines is 1. The molecule has 1 aliphatic rings. The van der Waals surface area contributed by atoms with E-state index in [2.05, 4.69) is 27.0 Å². The first kappa shape index (κ1) is 18.6. The lowest BCUT2D eigenvalue weighted by atomic mass is 9.96. The number of aromatic nitrogens is 3. The van der Waals surface area contributed by atoms with Gasteiger partial charge in [-0.15, -0.1) is 0 Å². The minimum absolute atomic E-state index is 0.0220. The average Bonchev–Trinajstić information content (AvgIpc) is 2.71. The number of methoxy groups -OCH3 is 1. The van der Waals surface area contributed by atoms with Gasteiger partial charge >= 0.3 is 0 Å². The predicted molar refractivity (Wildman–Crippen MR) is 110 cm³/mol. The molecule has 1 unspecified atom stereocenters. The van der Waals surface area contributed by atoms with Crippen LogP contribution in [0, 0.1) is 13.8 Å². The third kappa shape index (κ3) is 3.78. The Balaban J connectivity index is 1.51. The first-order chi connectivity index (χ1) is 13.5. The number of hydrogen-bond donors (Lipinski definition) is 1. The first-order valence-electron chi connectivity index (χ1n) is 9.77. The molecule has 146 valence electrons. The quantitative estimate of drug-likeness (QED) is 0.754. The number of nitrogens with zero attached hydrogens (tertiary/aromatic N) is 3. The van der Waals surface area contributed by atoms with Crippen LogP contribution in [0.1, 0.15) is 41.5 Å². The molecule has 1 aliphatic heterocycles. The summed E-state index contributed by atoms with van der Waals surface area (Å²) >= 11 is 0. The molecule has 2 aromatic heterocycles. The molecule has 1 saturated heterocycles. The minimum atomic E-state index is -0.0220. The zero-order valence-corrected chi connectivity index (χ0v) is 16.7. The van der Waals surface area contributed by atoms with E-state index < -0.39 is 0 Å².